The normalized spacial score (nSPS) is 17.5. The summed E-state index contributed by atoms with van der Waals surface area (Å²) in [5, 5.41) is 0.639. The van der Waals surface area contributed by atoms with E-state index in [1.54, 1.807) is 48.2 Å². The number of sulfonamides is 1. The molecule has 1 unspecified atom stereocenters. The van der Waals surface area contributed by atoms with Gasteiger partial charge in [-0.25, -0.2) is 17.7 Å². The number of nitrogens with zero attached hydrogens (tertiary/aromatic N) is 3. The number of benzene rings is 2. The minimum absolute atomic E-state index is 0.0454. The predicted octanol–water partition coefficient (Wildman–Crippen LogP) is 3.56. The number of hydrogen-bond acceptors (Lipinski definition) is 7. The molecule has 10 heteroatoms. The van der Waals surface area contributed by atoms with Gasteiger partial charge in [0.15, 0.2) is 17.6 Å². The van der Waals surface area contributed by atoms with Crippen LogP contribution in [0.5, 0.6) is 5.75 Å². The summed E-state index contributed by atoms with van der Waals surface area (Å²) in [7, 11) is -0.647. The number of hydrogen-bond donors (Lipinski definition) is 0. The van der Waals surface area contributed by atoms with Gasteiger partial charge in [-0.2, -0.15) is 0 Å². The maximum atomic E-state index is 12.9. The molecule has 1 saturated heterocycles. The molecule has 1 aliphatic heterocycles. The third-order valence-corrected chi connectivity index (χ3v) is 7.84. The Morgan fingerprint density at radius 2 is 1.88 bits per heavy atom. The van der Waals surface area contributed by atoms with E-state index >= 15 is 0 Å². The SMILES string of the molecule is CCC(=O)c1ccc(OCC(=O)N2CC(C)SC2=Nc2cccc(S(=O)(=O)N(C)C)c2)cc1. The number of thioether (sulfide) groups is 1. The van der Waals surface area contributed by atoms with E-state index in [0.717, 1.165) is 4.31 Å². The molecule has 0 radical (unpaired) electrons. The quantitative estimate of drug-likeness (QED) is 0.526. The summed E-state index contributed by atoms with van der Waals surface area (Å²) in [6.07, 6.45) is 0.426. The van der Waals surface area contributed by atoms with Gasteiger partial charge in [0.05, 0.1) is 10.6 Å². The molecule has 1 aliphatic rings. The fraction of sp³-hybridized carbons (Fsp3) is 0.348. The molecule has 8 nitrogen and oxygen atoms in total. The summed E-state index contributed by atoms with van der Waals surface area (Å²) in [5.74, 6) is 0.288. The molecule has 0 aromatic heterocycles. The van der Waals surface area contributed by atoms with E-state index in [1.807, 2.05) is 6.92 Å². The minimum Gasteiger partial charge on any atom is -0.484 e. The fourth-order valence-corrected chi connectivity index (χ4v) is 5.10. The van der Waals surface area contributed by atoms with Gasteiger partial charge >= 0.3 is 0 Å². The lowest BCUT2D eigenvalue weighted by Crippen LogP contribution is -2.36. The number of rotatable bonds is 8. The minimum atomic E-state index is -3.59. The smallest absolute Gasteiger partial charge is 0.266 e. The first-order valence-electron chi connectivity index (χ1n) is 10.5. The van der Waals surface area contributed by atoms with Gasteiger partial charge in [0.1, 0.15) is 5.75 Å². The first kappa shape index (κ1) is 24.9. The number of carbonyl (C=O) groups excluding carboxylic acids is 2. The summed E-state index contributed by atoms with van der Waals surface area (Å²) < 4.78 is 31.6. The summed E-state index contributed by atoms with van der Waals surface area (Å²) in [6, 6.07) is 13.0. The second kappa shape index (κ2) is 10.5. The molecule has 2 aromatic carbocycles. The highest BCUT2D eigenvalue weighted by Gasteiger charge is 2.31. The number of amidine groups is 1. The van der Waals surface area contributed by atoms with E-state index in [9.17, 15) is 18.0 Å². The second-order valence-electron chi connectivity index (χ2n) is 7.70. The molecule has 0 N–H and O–H groups in total. The molecular formula is C23H27N3O5S2. The van der Waals surface area contributed by atoms with Gasteiger partial charge in [0.25, 0.3) is 5.91 Å². The van der Waals surface area contributed by atoms with E-state index in [2.05, 4.69) is 4.99 Å². The van der Waals surface area contributed by atoms with Crippen molar-refractivity contribution in [3.63, 3.8) is 0 Å². The number of ether oxygens (including phenoxy) is 1. The Morgan fingerprint density at radius 3 is 2.52 bits per heavy atom. The Kier molecular flexibility index (Phi) is 7.93. The molecular weight excluding hydrogens is 462 g/mol. The lowest BCUT2D eigenvalue weighted by atomic mass is 10.1. The van der Waals surface area contributed by atoms with Gasteiger partial charge in [0.2, 0.25) is 10.0 Å². The Morgan fingerprint density at radius 1 is 1.18 bits per heavy atom. The molecule has 176 valence electrons. The van der Waals surface area contributed by atoms with Crippen LogP contribution in [0.1, 0.15) is 30.6 Å². The summed E-state index contributed by atoms with van der Waals surface area (Å²) in [6.45, 7) is 4.09. The molecule has 1 fully saturated rings. The number of amides is 1. The van der Waals surface area contributed by atoms with Crippen LogP contribution < -0.4 is 4.74 Å². The molecule has 0 bridgehead atoms. The Bertz CT molecular complexity index is 1160. The van der Waals surface area contributed by atoms with Crippen molar-refractivity contribution in [3.8, 4) is 5.75 Å². The number of Topliss-reactive ketones (excluding diaryl/α,β-unsaturated/α-hetero) is 1. The van der Waals surface area contributed by atoms with Crippen LogP contribution in [0.4, 0.5) is 5.69 Å². The summed E-state index contributed by atoms with van der Waals surface area (Å²) >= 11 is 1.45. The van der Waals surface area contributed by atoms with Crippen LogP contribution in [0.15, 0.2) is 58.4 Å². The van der Waals surface area contributed by atoms with E-state index in [0.29, 0.717) is 35.1 Å². The van der Waals surface area contributed by atoms with E-state index < -0.39 is 10.0 Å². The first-order valence-corrected chi connectivity index (χ1v) is 12.8. The van der Waals surface area contributed by atoms with Crippen LogP contribution in [0.3, 0.4) is 0 Å². The first-order chi connectivity index (χ1) is 15.6. The van der Waals surface area contributed by atoms with E-state index in [-0.39, 0.29) is 28.4 Å². The second-order valence-corrected chi connectivity index (χ2v) is 11.3. The van der Waals surface area contributed by atoms with Gasteiger partial charge in [-0.3, -0.25) is 14.5 Å². The van der Waals surface area contributed by atoms with Crippen LogP contribution in [0, 0.1) is 0 Å². The van der Waals surface area contributed by atoms with Crippen molar-refractivity contribution in [1.29, 1.82) is 0 Å². The Labute approximate surface area is 198 Å². The van der Waals surface area contributed by atoms with Gasteiger partial charge < -0.3 is 4.74 Å². The van der Waals surface area contributed by atoms with Crippen molar-refractivity contribution in [2.75, 3.05) is 27.2 Å². The van der Waals surface area contributed by atoms with Crippen molar-refractivity contribution in [1.82, 2.24) is 9.21 Å². The third kappa shape index (κ3) is 6.01. The van der Waals surface area contributed by atoms with Gasteiger partial charge in [-0.1, -0.05) is 31.7 Å². The van der Waals surface area contributed by atoms with Crippen LogP contribution in [0.2, 0.25) is 0 Å². The average molecular weight is 490 g/mol. The summed E-state index contributed by atoms with van der Waals surface area (Å²) in [4.78, 5) is 30.8. The zero-order chi connectivity index (χ0) is 24.2. The van der Waals surface area contributed by atoms with Crippen molar-refractivity contribution in [2.24, 2.45) is 4.99 Å². The molecule has 2 aromatic rings. The van der Waals surface area contributed by atoms with Crippen molar-refractivity contribution >= 4 is 44.3 Å². The van der Waals surface area contributed by atoms with Gasteiger partial charge in [0, 0.05) is 37.9 Å². The van der Waals surface area contributed by atoms with Crippen molar-refractivity contribution < 1.29 is 22.7 Å². The zero-order valence-corrected chi connectivity index (χ0v) is 20.6. The van der Waals surface area contributed by atoms with E-state index in [4.69, 9.17) is 4.74 Å². The number of aliphatic imine (C=N–C) groups is 1. The highest BCUT2D eigenvalue weighted by atomic mass is 32.2. The zero-order valence-electron chi connectivity index (χ0n) is 19.0. The predicted molar refractivity (Wildman–Crippen MR) is 130 cm³/mol. The molecule has 0 spiro atoms. The lowest BCUT2D eigenvalue weighted by Gasteiger charge is -2.17. The van der Waals surface area contributed by atoms with Gasteiger partial charge in [-0.05, 0) is 42.5 Å². The lowest BCUT2D eigenvalue weighted by molar-refractivity contribution is -0.129. The molecule has 33 heavy (non-hydrogen) atoms. The third-order valence-electron chi connectivity index (χ3n) is 4.96. The van der Waals surface area contributed by atoms with Crippen molar-refractivity contribution in [3.05, 3.63) is 54.1 Å². The molecule has 3 rings (SSSR count). The van der Waals surface area contributed by atoms with Crippen LogP contribution in [-0.2, 0) is 14.8 Å². The largest absolute Gasteiger partial charge is 0.484 e. The average Bonchev–Trinajstić information content (AvgIpc) is 3.17. The fourth-order valence-electron chi connectivity index (χ4n) is 3.11. The Balaban J connectivity index is 1.73. The highest BCUT2D eigenvalue weighted by Crippen LogP contribution is 2.29. The van der Waals surface area contributed by atoms with E-state index in [1.165, 1.54) is 38.0 Å². The number of carbonyl (C=O) groups is 2. The maximum Gasteiger partial charge on any atom is 0.266 e. The molecule has 1 amide bonds. The van der Waals surface area contributed by atoms with Gasteiger partial charge in [-0.15, -0.1) is 0 Å². The van der Waals surface area contributed by atoms with Crippen LogP contribution >= 0.6 is 11.8 Å². The standard InChI is InChI=1S/C23H27N3O5S2/c1-5-21(27)17-9-11-19(12-10-17)31-15-22(28)26-14-16(2)32-23(26)24-18-7-6-8-20(13-18)33(29,30)25(3)4/h6-13,16H,5,14-15H2,1-4H3. The maximum absolute atomic E-state index is 12.9. The van der Waals surface area contributed by atoms with Crippen LogP contribution in [0.25, 0.3) is 0 Å². The Hall–Kier alpha value is -2.69. The highest BCUT2D eigenvalue weighted by molar-refractivity contribution is 8.14. The number of ketones is 1. The molecule has 1 atom stereocenters. The monoisotopic (exact) mass is 489 g/mol. The van der Waals surface area contributed by atoms with Crippen molar-refractivity contribution in [2.45, 2.75) is 30.4 Å². The molecule has 1 heterocycles. The molecule has 0 saturated carbocycles. The topological polar surface area (TPSA) is 96.4 Å². The summed E-state index contributed by atoms with van der Waals surface area (Å²) in [5.41, 5.74) is 1.05. The van der Waals surface area contributed by atoms with Crippen LogP contribution in [-0.4, -0.2) is 67.0 Å². The molecule has 0 aliphatic carbocycles.